The topological polar surface area (TPSA) is 25.8 Å². The van der Waals surface area contributed by atoms with Crippen LogP contribution >= 0.6 is 11.6 Å². The summed E-state index contributed by atoms with van der Waals surface area (Å²) in [6.45, 7) is 0. The van der Waals surface area contributed by atoms with Crippen LogP contribution in [0.15, 0.2) is 91.0 Å². The number of rotatable bonds is 2. The van der Waals surface area contributed by atoms with E-state index in [2.05, 4.69) is 77.8 Å². The molecule has 0 aliphatic rings. The molecule has 0 unspecified atom stereocenters. The molecule has 2 nitrogen and oxygen atoms in total. The molecule has 3 heteroatoms. The molecule has 0 saturated carbocycles. The minimum Gasteiger partial charge on any atom is -0.245 e. The maximum absolute atomic E-state index is 6.13. The number of nitrogens with zero attached hydrogens (tertiary/aromatic N) is 2. The molecule has 128 valence electrons. The minimum absolute atomic E-state index is 0.480. The summed E-state index contributed by atoms with van der Waals surface area (Å²) in [6, 6.07) is 30.9. The molecule has 0 spiro atoms. The zero-order chi connectivity index (χ0) is 18.2. The Labute approximate surface area is 162 Å². The number of hydrogen-bond donors (Lipinski definition) is 0. The van der Waals surface area contributed by atoms with Crippen LogP contribution in [0.3, 0.4) is 0 Å². The predicted octanol–water partition coefficient (Wildman–Crippen LogP) is 6.77. The van der Waals surface area contributed by atoms with Crippen LogP contribution in [0.5, 0.6) is 0 Å². The molecule has 5 aromatic rings. The fraction of sp³-hybridized carbons (Fsp3) is 0. The van der Waals surface area contributed by atoms with Crippen molar-refractivity contribution in [3.8, 4) is 22.4 Å². The number of halogens is 1. The Kier molecular flexibility index (Phi) is 3.84. The summed E-state index contributed by atoms with van der Waals surface area (Å²) in [7, 11) is 0. The van der Waals surface area contributed by atoms with Crippen LogP contribution in [-0.4, -0.2) is 9.97 Å². The van der Waals surface area contributed by atoms with Gasteiger partial charge in [-0.05, 0) is 35.4 Å². The van der Waals surface area contributed by atoms with Gasteiger partial charge in [-0.3, -0.25) is 0 Å². The zero-order valence-electron chi connectivity index (χ0n) is 14.4. The lowest BCUT2D eigenvalue weighted by Crippen LogP contribution is -1.89. The lowest BCUT2D eigenvalue weighted by Gasteiger charge is -2.08. The van der Waals surface area contributed by atoms with E-state index in [-0.39, 0.29) is 0 Å². The average Bonchev–Trinajstić information content (AvgIpc) is 2.74. The van der Waals surface area contributed by atoms with Crippen molar-refractivity contribution >= 4 is 33.4 Å². The average molecular weight is 367 g/mol. The molecular formula is C24H15ClN2. The summed E-state index contributed by atoms with van der Waals surface area (Å²) in [5.41, 5.74) is 6.08. The van der Waals surface area contributed by atoms with Crippen molar-refractivity contribution in [3.63, 3.8) is 0 Å². The number of fused-ring (bicyclic) bond motifs is 3. The third-order valence-corrected chi connectivity index (χ3v) is 4.96. The SMILES string of the molecule is Clc1ccc2ccc3ccc(-c4cccc(-c5ccccc5)c4)nc3c2n1. The van der Waals surface area contributed by atoms with E-state index in [9.17, 15) is 0 Å². The summed E-state index contributed by atoms with van der Waals surface area (Å²) in [6.07, 6.45) is 0. The van der Waals surface area contributed by atoms with Gasteiger partial charge in [0.2, 0.25) is 0 Å². The van der Waals surface area contributed by atoms with Gasteiger partial charge in [0.25, 0.3) is 0 Å². The van der Waals surface area contributed by atoms with Gasteiger partial charge in [-0.15, -0.1) is 0 Å². The Bertz CT molecular complexity index is 1280. The second-order valence-corrected chi connectivity index (χ2v) is 6.87. The highest BCUT2D eigenvalue weighted by atomic mass is 35.5. The van der Waals surface area contributed by atoms with Crippen LogP contribution in [0.2, 0.25) is 5.15 Å². The van der Waals surface area contributed by atoms with Crippen molar-refractivity contribution in [1.29, 1.82) is 0 Å². The van der Waals surface area contributed by atoms with Gasteiger partial charge in [-0.2, -0.15) is 0 Å². The third kappa shape index (κ3) is 2.94. The lowest BCUT2D eigenvalue weighted by molar-refractivity contribution is 1.37. The first-order valence-corrected chi connectivity index (χ1v) is 9.18. The summed E-state index contributed by atoms with van der Waals surface area (Å²) in [4.78, 5) is 9.44. The molecule has 27 heavy (non-hydrogen) atoms. The first kappa shape index (κ1) is 16.0. The normalized spacial score (nSPS) is 11.1. The van der Waals surface area contributed by atoms with Crippen LogP contribution in [0.25, 0.3) is 44.2 Å². The van der Waals surface area contributed by atoms with Gasteiger partial charge in [0, 0.05) is 16.3 Å². The van der Waals surface area contributed by atoms with E-state index in [4.69, 9.17) is 16.6 Å². The summed E-state index contributed by atoms with van der Waals surface area (Å²) in [5.74, 6) is 0. The summed E-state index contributed by atoms with van der Waals surface area (Å²) >= 11 is 6.13. The number of hydrogen-bond acceptors (Lipinski definition) is 2. The molecule has 5 rings (SSSR count). The van der Waals surface area contributed by atoms with E-state index in [0.717, 1.165) is 33.1 Å². The molecular weight excluding hydrogens is 352 g/mol. The predicted molar refractivity (Wildman–Crippen MR) is 113 cm³/mol. The van der Waals surface area contributed by atoms with Crippen LogP contribution in [-0.2, 0) is 0 Å². The van der Waals surface area contributed by atoms with Crippen LogP contribution in [0.1, 0.15) is 0 Å². The van der Waals surface area contributed by atoms with Crippen molar-refractivity contribution in [3.05, 3.63) is 96.1 Å². The summed E-state index contributed by atoms with van der Waals surface area (Å²) < 4.78 is 0. The molecule has 0 atom stereocenters. The second-order valence-electron chi connectivity index (χ2n) is 6.49. The number of aromatic nitrogens is 2. The van der Waals surface area contributed by atoms with Crippen LogP contribution in [0.4, 0.5) is 0 Å². The van der Waals surface area contributed by atoms with Gasteiger partial charge < -0.3 is 0 Å². The Morgan fingerprint density at radius 3 is 1.96 bits per heavy atom. The molecule has 3 aromatic carbocycles. The summed E-state index contributed by atoms with van der Waals surface area (Å²) in [5, 5.41) is 2.57. The Balaban J connectivity index is 1.69. The van der Waals surface area contributed by atoms with E-state index in [1.54, 1.807) is 0 Å². The molecule has 0 radical (unpaired) electrons. The molecule has 0 aliphatic heterocycles. The zero-order valence-corrected chi connectivity index (χ0v) is 15.2. The molecule has 0 saturated heterocycles. The molecule has 0 fully saturated rings. The third-order valence-electron chi connectivity index (χ3n) is 4.75. The van der Waals surface area contributed by atoms with Crippen LogP contribution in [0, 0.1) is 0 Å². The van der Waals surface area contributed by atoms with Gasteiger partial charge in [-0.1, -0.05) is 78.3 Å². The highest BCUT2D eigenvalue weighted by molar-refractivity contribution is 6.30. The van der Waals surface area contributed by atoms with E-state index in [1.165, 1.54) is 11.1 Å². The Morgan fingerprint density at radius 1 is 0.519 bits per heavy atom. The Hall–Kier alpha value is -3.23. The number of benzene rings is 3. The molecule has 0 N–H and O–H groups in total. The molecule has 2 heterocycles. The lowest BCUT2D eigenvalue weighted by atomic mass is 10.0. The minimum atomic E-state index is 0.480. The molecule has 0 bridgehead atoms. The van der Waals surface area contributed by atoms with E-state index < -0.39 is 0 Å². The van der Waals surface area contributed by atoms with Crippen molar-refractivity contribution in [2.75, 3.05) is 0 Å². The van der Waals surface area contributed by atoms with Gasteiger partial charge in [0.15, 0.2) is 0 Å². The quantitative estimate of drug-likeness (QED) is 0.254. The van der Waals surface area contributed by atoms with Gasteiger partial charge >= 0.3 is 0 Å². The standard InChI is InChI=1S/C24H15ClN2/c25-22-14-12-18-10-9-17-11-13-21(26-23(17)24(18)27-22)20-8-4-7-19(15-20)16-5-2-1-3-6-16/h1-15H. The van der Waals surface area contributed by atoms with Crippen LogP contribution < -0.4 is 0 Å². The molecule has 0 aliphatic carbocycles. The Morgan fingerprint density at radius 2 is 1.15 bits per heavy atom. The van der Waals surface area contributed by atoms with Gasteiger partial charge in [0.1, 0.15) is 5.15 Å². The van der Waals surface area contributed by atoms with E-state index in [1.807, 2.05) is 18.2 Å². The van der Waals surface area contributed by atoms with E-state index in [0.29, 0.717) is 5.15 Å². The second kappa shape index (κ2) is 6.49. The largest absolute Gasteiger partial charge is 0.245 e. The fourth-order valence-corrected chi connectivity index (χ4v) is 3.54. The highest BCUT2D eigenvalue weighted by Gasteiger charge is 2.08. The van der Waals surface area contributed by atoms with Crippen molar-refractivity contribution < 1.29 is 0 Å². The van der Waals surface area contributed by atoms with Crippen molar-refractivity contribution in [2.45, 2.75) is 0 Å². The molecule has 0 amide bonds. The maximum Gasteiger partial charge on any atom is 0.129 e. The maximum atomic E-state index is 6.13. The van der Waals surface area contributed by atoms with Gasteiger partial charge in [0.05, 0.1) is 16.7 Å². The van der Waals surface area contributed by atoms with Crippen molar-refractivity contribution in [1.82, 2.24) is 9.97 Å². The van der Waals surface area contributed by atoms with Crippen molar-refractivity contribution in [2.24, 2.45) is 0 Å². The highest BCUT2D eigenvalue weighted by Crippen LogP contribution is 2.29. The first-order valence-electron chi connectivity index (χ1n) is 8.80. The van der Waals surface area contributed by atoms with Gasteiger partial charge in [-0.25, -0.2) is 9.97 Å². The fourth-order valence-electron chi connectivity index (χ4n) is 3.39. The smallest absolute Gasteiger partial charge is 0.129 e. The van der Waals surface area contributed by atoms with E-state index >= 15 is 0 Å². The first-order chi connectivity index (χ1) is 13.3. The molecule has 2 aromatic heterocycles. The monoisotopic (exact) mass is 366 g/mol. The number of pyridine rings is 2.